The van der Waals surface area contributed by atoms with Crippen molar-refractivity contribution in [2.24, 2.45) is 40.6 Å². The van der Waals surface area contributed by atoms with Gasteiger partial charge in [-0.2, -0.15) is 10.1 Å². The van der Waals surface area contributed by atoms with Crippen LogP contribution in [0.25, 0.3) is 0 Å². The second-order valence-electron chi connectivity index (χ2n) is 7.78. The van der Waals surface area contributed by atoms with E-state index < -0.39 is 0 Å². The molecule has 2 saturated carbocycles. The fraction of sp³-hybridized carbons (Fsp3) is 0.409. The maximum Gasteiger partial charge on any atom is 0.254 e. The molecule has 3 fully saturated rings. The molecule has 0 aromatic heterocycles. The number of allylic oxidation sites excluding steroid dienone is 2. The lowest BCUT2D eigenvalue weighted by molar-refractivity contribution is -0.140. The van der Waals surface area contributed by atoms with Gasteiger partial charge in [0.25, 0.3) is 11.8 Å². The van der Waals surface area contributed by atoms with Gasteiger partial charge in [0.05, 0.1) is 25.2 Å². The zero-order valence-electron chi connectivity index (χ0n) is 15.4. The molecule has 1 aromatic carbocycles. The molecule has 1 heterocycles. The third-order valence-electron chi connectivity index (χ3n) is 6.48. The number of amides is 2. The molecule has 28 heavy (non-hydrogen) atoms. The van der Waals surface area contributed by atoms with Crippen LogP contribution < -0.4 is 9.47 Å². The van der Waals surface area contributed by atoms with Crippen molar-refractivity contribution >= 4 is 18.0 Å². The van der Waals surface area contributed by atoms with Crippen LogP contribution in [0.5, 0.6) is 11.5 Å². The van der Waals surface area contributed by atoms with Crippen LogP contribution in [0.1, 0.15) is 12.0 Å². The summed E-state index contributed by atoms with van der Waals surface area (Å²) in [5.74, 6) is 4.16. The first-order valence-corrected chi connectivity index (χ1v) is 9.48. The van der Waals surface area contributed by atoms with Crippen molar-refractivity contribution in [1.82, 2.24) is 5.01 Å². The van der Waals surface area contributed by atoms with Gasteiger partial charge in [0.15, 0.2) is 0 Å². The third kappa shape index (κ3) is 2.39. The number of carbonyl (C=O) groups excluding carboxylic acids is 2. The summed E-state index contributed by atoms with van der Waals surface area (Å²) in [5.41, 5.74) is 0.592. The Morgan fingerprint density at radius 3 is 2.50 bits per heavy atom. The molecule has 6 atom stereocenters. The van der Waals surface area contributed by atoms with Gasteiger partial charge in [-0.3, -0.25) is 9.59 Å². The van der Waals surface area contributed by atoms with Gasteiger partial charge in [-0.05, 0) is 48.3 Å². The number of hydrogen-bond donors (Lipinski definition) is 0. The molecule has 6 rings (SSSR count). The number of carbonyl (C=O) groups is 2. The molecule has 2 amide bonds. The molecule has 1 aromatic rings. The van der Waals surface area contributed by atoms with Crippen molar-refractivity contribution < 1.29 is 19.1 Å². The first-order valence-electron chi connectivity index (χ1n) is 9.48. The van der Waals surface area contributed by atoms with Crippen molar-refractivity contribution in [2.45, 2.75) is 6.42 Å². The quantitative estimate of drug-likeness (QED) is 0.342. The number of benzene rings is 1. The van der Waals surface area contributed by atoms with E-state index >= 15 is 0 Å². The smallest absolute Gasteiger partial charge is 0.254 e. The summed E-state index contributed by atoms with van der Waals surface area (Å²) < 4.78 is 10.8. The Balaban J connectivity index is 1.43. The van der Waals surface area contributed by atoms with E-state index in [0.29, 0.717) is 28.9 Å². The second-order valence-corrected chi connectivity index (χ2v) is 7.78. The molecule has 4 aliphatic carbocycles. The first kappa shape index (κ1) is 17.1. The molecule has 0 radical (unpaired) electrons. The van der Waals surface area contributed by atoms with Gasteiger partial charge in [0, 0.05) is 5.56 Å². The van der Waals surface area contributed by atoms with Gasteiger partial charge in [0.1, 0.15) is 18.1 Å². The van der Waals surface area contributed by atoms with Crippen LogP contribution in [-0.2, 0) is 9.59 Å². The number of hydrogen-bond acceptors (Lipinski definition) is 5. The average molecular weight is 376 g/mol. The summed E-state index contributed by atoms with van der Waals surface area (Å²) in [4.78, 5) is 26.0. The van der Waals surface area contributed by atoms with E-state index in [2.05, 4.69) is 23.2 Å². The monoisotopic (exact) mass is 376 g/mol. The molecular formula is C22H20N2O4. The van der Waals surface area contributed by atoms with E-state index in [1.807, 2.05) is 0 Å². The van der Waals surface area contributed by atoms with Crippen LogP contribution in [0, 0.1) is 47.9 Å². The van der Waals surface area contributed by atoms with E-state index in [9.17, 15) is 9.59 Å². The average Bonchev–Trinajstić information content (AvgIpc) is 3.50. The number of terminal acetylenes is 1. The predicted octanol–water partition coefficient (Wildman–Crippen LogP) is 2.09. The van der Waals surface area contributed by atoms with Crippen LogP contribution in [0.4, 0.5) is 0 Å². The van der Waals surface area contributed by atoms with E-state index in [4.69, 9.17) is 15.9 Å². The fourth-order valence-corrected chi connectivity index (χ4v) is 5.18. The highest BCUT2D eigenvalue weighted by molar-refractivity contribution is 6.06. The third-order valence-corrected chi connectivity index (χ3v) is 6.48. The highest BCUT2D eigenvalue weighted by atomic mass is 16.5. The molecule has 1 saturated heterocycles. The Morgan fingerprint density at radius 2 is 1.89 bits per heavy atom. The van der Waals surface area contributed by atoms with E-state index in [-0.39, 0.29) is 42.1 Å². The molecule has 6 heteroatoms. The van der Waals surface area contributed by atoms with E-state index in [1.165, 1.54) is 6.21 Å². The Kier molecular flexibility index (Phi) is 3.80. The van der Waals surface area contributed by atoms with Gasteiger partial charge in [-0.15, -0.1) is 6.42 Å². The number of hydrazone groups is 1. The van der Waals surface area contributed by atoms with Crippen molar-refractivity contribution in [3.8, 4) is 23.8 Å². The lowest BCUT2D eigenvalue weighted by Crippen LogP contribution is -2.40. The Hall–Kier alpha value is -3.07. The summed E-state index contributed by atoms with van der Waals surface area (Å²) in [6, 6.07) is 5.20. The molecule has 0 unspecified atom stereocenters. The molecule has 142 valence electrons. The molecule has 1 aliphatic heterocycles. The van der Waals surface area contributed by atoms with Crippen LogP contribution in [-0.4, -0.2) is 36.8 Å². The topological polar surface area (TPSA) is 68.2 Å². The number of rotatable bonds is 5. The van der Waals surface area contributed by atoms with Crippen LogP contribution in [0.15, 0.2) is 35.5 Å². The lowest BCUT2D eigenvalue weighted by atomic mass is 9.63. The van der Waals surface area contributed by atoms with Crippen molar-refractivity contribution in [3.63, 3.8) is 0 Å². The number of imide groups is 1. The highest BCUT2D eigenvalue weighted by Crippen LogP contribution is 2.65. The minimum atomic E-state index is -0.258. The Bertz CT molecular complexity index is 924. The summed E-state index contributed by atoms with van der Waals surface area (Å²) in [6.45, 7) is 0.108. The van der Waals surface area contributed by atoms with Crippen LogP contribution in [0.2, 0.25) is 0 Å². The summed E-state index contributed by atoms with van der Waals surface area (Å²) in [7, 11) is 1.56. The Morgan fingerprint density at radius 1 is 1.21 bits per heavy atom. The molecule has 2 bridgehead atoms. The van der Waals surface area contributed by atoms with Crippen LogP contribution >= 0.6 is 0 Å². The minimum absolute atomic E-state index is 0.108. The molecule has 6 nitrogen and oxygen atoms in total. The zero-order valence-corrected chi connectivity index (χ0v) is 15.4. The fourth-order valence-electron chi connectivity index (χ4n) is 5.18. The Labute approximate surface area is 163 Å². The van der Waals surface area contributed by atoms with Crippen LogP contribution in [0.3, 0.4) is 0 Å². The number of methoxy groups -OCH3 is 1. The van der Waals surface area contributed by atoms with Crippen molar-refractivity contribution in [2.75, 3.05) is 13.7 Å². The molecular weight excluding hydrogens is 356 g/mol. The standard InChI is InChI=1S/C22H20N2O4/c1-3-8-28-18-7-4-13(27-2)9-12(18)11-23-24-21(25)19-14-5-6-15(17-10-16(14)17)20(19)22(24)26/h1,4-7,9,11,14-17,19-20H,8,10H2,2H3/b23-11-/t14-,15-,16-,17-,19+,20+/m0/s1. The van der Waals surface area contributed by atoms with E-state index in [1.54, 1.807) is 25.3 Å². The van der Waals surface area contributed by atoms with E-state index in [0.717, 1.165) is 11.4 Å². The first-order chi connectivity index (χ1) is 13.6. The summed E-state index contributed by atoms with van der Waals surface area (Å²) in [6.07, 6.45) is 12.2. The second kappa shape index (κ2) is 6.23. The van der Waals surface area contributed by atoms with Gasteiger partial charge >= 0.3 is 0 Å². The maximum absolute atomic E-state index is 13.0. The molecule has 5 aliphatic rings. The highest BCUT2D eigenvalue weighted by Gasteiger charge is 2.67. The maximum atomic E-state index is 13.0. The largest absolute Gasteiger partial charge is 0.497 e. The van der Waals surface area contributed by atoms with Crippen molar-refractivity contribution in [1.29, 1.82) is 0 Å². The summed E-state index contributed by atoms with van der Waals surface area (Å²) >= 11 is 0. The molecule has 0 N–H and O–H groups in total. The van der Waals surface area contributed by atoms with Gasteiger partial charge in [0.2, 0.25) is 0 Å². The SMILES string of the molecule is C#CCOc1ccc(OC)cc1/C=N\N1C(=O)[C@@H]2[C@H]3C=C[C@@H]([C@@H]4C[C@@H]34)[C@H]2C1=O. The summed E-state index contributed by atoms with van der Waals surface area (Å²) in [5, 5.41) is 5.31. The van der Waals surface area contributed by atoms with Gasteiger partial charge < -0.3 is 9.47 Å². The number of nitrogens with zero attached hydrogens (tertiary/aromatic N) is 2. The number of ether oxygens (including phenoxy) is 2. The normalized spacial score (nSPS) is 34.4. The lowest BCUT2D eigenvalue weighted by Gasteiger charge is -2.37. The van der Waals surface area contributed by atoms with Crippen molar-refractivity contribution in [3.05, 3.63) is 35.9 Å². The molecule has 0 spiro atoms. The zero-order chi connectivity index (χ0) is 19.4. The minimum Gasteiger partial charge on any atom is -0.497 e. The van der Waals surface area contributed by atoms with Gasteiger partial charge in [-0.25, -0.2) is 0 Å². The van der Waals surface area contributed by atoms with Gasteiger partial charge in [-0.1, -0.05) is 18.1 Å². The predicted molar refractivity (Wildman–Crippen MR) is 101 cm³/mol.